The highest BCUT2D eigenvalue weighted by Gasteiger charge is 2.23. The van der Waals surface area contributed by atoms with Crippen molar-refractivity contribution in [1.82, 2.24) is 0 Å². The van der Waals surface area contributed by atoms with Gasteiger partial charge in [-0.2, -0.15) is 0 Å². The van der Waals surface area contributed by atoms with Crippen LogP contribution in [0.1, 0.15) is 33.1 Å². The van der Waals surface area contributed by atoms with Crippen LogP contribution in [0, 0.1) is 5.92 Å². The van der Waals surface area contributed by atoms with Crippen LogP contribution in [0.15, 0.2) is 0 Å². The van der Waals surface area contributed by atoms with E-state index in [4.69, 9.17) is 10.5 Å². The normalized spacial score (nSPS) is 39.0. The lowest BCUT2D eigenvalue weighted by Crippen LogP contribution is -2.30. The van der Waals surface area contributed by atoms with Crippen molar-refractivity contribution in [2.24, 2.45) is 11.7 Å². The van der Waals surface area contributed by atoms with Gasteiger partial charge in [-0.15, -0.1) is 0 Å². The quantitative estimate of drug-likeness (QED) is 0.660. The number of rotatable bonds is 2. The minimum Gasteiger partial charge on any atom is -0.376 e. The maximum Gasteiger partial charge on any atom is 0.0553 e. The fourth-order valence-electron chi connectivity index (χ4n) is 2.01. The first-order chi connectivity index (χ1) is 5.22. The van der Waals surface area contributed by atoms with E-state index in [0.717, 1.165) is 18.9 Å². The third-order valence-electron chi connectivity index (χ3n) is 2.37. The Balaban J connectivity index is 2.30. The Morgan fingerprint density at radius 1 is 1.27 bits per heavy atom. The minimum atomic E-state index is 0.440. The first-order valence-corrected chi connectivity index (χ1v) is 4.58. The SMILES string of the molecule is C[C@@H]1CC(CCN)C[C@H](C)O1. The third-order valence-corrected chi connectivity index (χ3v) is 2.37. The van der Waals surface area contributed by atoms with Gasteiger partial charge in [-0.25, -0.2) is 0 Å². The zero-order valence-corrected chi connectivity index (χ0v) is 7.55. The summed E-state index contributed by atoms with van der Waals surface area (Å²) in [6, 6.07) is 0. The average molecular weight is 157 g/mol. The first kappa shape index (κ1) is 9.01. The predicted octanol–water partition coefficient (Wildman–Crippen LogP) is 1.54. The summed E-state index contributed by atoms with van der Waals surface area (Å²) in [6.45, 7) is 5.13. The second-order valence-electron chi connectivity index (χ2n) is 3.67. The van der Waals surface area contributed by atoms with Crippen molar-refractivity contribution in [2.75, 3.05) is 6.54 Å². The van der Waals surface area contributed by atoms with Crippen LogP contribution in [0.5, 0.6) is 0 Å². The van der Waals surface area contributed by atoms with E-state index in [-0.39, 0.29) is 0 Å². The van der Waals surface area contributed by atoms with Crippen molar-refractivity contribution >= 4 is 0 Å². The second-order valence-corrected chi connectivity index (χ2v) is 3.67. The van der Waals surface area contributed by atoms with Gasteiger partial charge in [0.25, 0.3) is 0 Å². The van der Waals surface area contributed by atoms with Gasteiger partial charge in [-0.1, -0.05) is 0 Å². The van der Waals surface area contributed by atoms with Crippen LogP contribution in [-0.2, 0) is 4.74 Å². The Morgan fingerprint density at radius 2 is 1.82 bits per heavy atom. The average Bonchev–Trinajstić information content (AvgIpc) is 1.85. The second kappa shape index (κ2) is 4.07. The molecule has 66 valence electrons. The zero-order valence-electron chi connectivity index (χ0n) is 7.55. The van der Waals surface area contributed by atoms with Crippen LogP contribution in [0.2, 0.25) is 0 Å². The lowest BCUT2D eigenvalue weighted by atomic mass is 9.90. The van der Waals surface area contributed by atoms with Gasteiger partial charge in [0.15, 0.2) is 0 Å². The summed E-state index contributed by atoms with van der Waals surface area (Å²) in [5.41, 5.74) is 5.51. The van der Waals surface area contributed by atoms with Crippen molar-refractivity contribution in [3.8, 4) is 0 Å². The Bertz CT molecular complexity index is 106. The van der Waals surface area contributed by atoms with Gasteiger partial charge in [0, 0.05) is 0 Å². The standard InChI is InChI=1S/C9H19NO/c1-7-5-9(3-4-10)6-8(2)11-7/h7-9H,3-6,10H2,1-2H3/t7-,8+,9?. The van der Waals surface area contributed by atoms with Gasteiger partial charge in [0.1, 0.15) is 0 Å². The van der Waals surface area contributed by atoms with Crippen molar-refractivity contribution < 1.29 is 4.74 Å². The Hall–Kier alpha value is -0.0800. The van der Waals surface area contributed by atoms with Gasteiger partial charge in [-0.05, 0) is 45.6 Å². The Kier molecular flexibility index (Phi) is 3.34. The van der Waals surface area contributed by atoms with Crippen LogP contribution in [-0.4, -0.2) is 18.8 Å². The van der Waals surface area contributed by atoms with E-state index in [1.54, 1.807) is 0 Å². The maximum atomic E-state index is 5.62. The highest BCUT2D eigenvalue weighted by molar-refractivity contribution is 4.73. The van der Waals surface area contributed by atoms with E-state index in [9.17, 15) is 0 Å². The predicted molar refractivity (Wildman–Crippen MR) is 46.4 cm³/mol. The van der Waals surface area contributed by atoms with E-state index >= 15 is 0 Å². The fourth-order valence-corrected chi connectivity index (χ4v) is 2.01. The summed E-state index contributed by atoms with van der Waals surface area (Å²) < 4.78 is 5.62. The van der Waals surface area contributed by atoms with Crippen molar-refractivity contribution in [1.29, 1.82) is 0 Å². The van der Waals surface area contributed by atoms with Gasteiger partial charge in [0.05, 0.1) is 12.2 Å². The Labute approximate surface area is 69.1 Å². The summed E-state index contributed by atoms with van der Waals surface area (Å²) in [6.07, 6.45) is 4.44. The van der Waals surface area contributed by atoms with E-state index in [1.165, 1.54) is 12.8 Å². The number of nitrogens with two attached hydrogens (primary N) is 1. The van der Waals surface area contributed by atoms with Gasteiger partial charge in [-0.3, -0.25) is 0 Å². The number of hydrogen-bond acceptors (Lipinski definition) is 2. The molecule has 0 aromatic heterocycles. The molecule has 1 fully saturated rings. The molecule has 0 aliphatic carbocycles. The lowest BCUT2D eigenvalue weighted by Gasteiger charge is -2.31. The molecule has 1 rings (SSSR count). The van der Waals surface area contributed by atoms with Gasteiger partial charge in [0.2, 0.25) is 0 Å². The highest BCUT2D eigenvalue weighted by atomic mass is 16.5. The molecule has 1 heterocycles. The molecule has 2 heteroatoms. The molecule has 1 aliphatic heterocycles. The molecule has 2 nitrogen and oxygen atoms in total. The number of hydrogen-bond donors (Lipinski definition) is 1. The van der Waals surface area contributed by atoms with Crippen LogP contribution in [0.4, 0.5) is 0 Å². The molecule has 2 N–H and O–H groups in total. The largest absolute Gasteiger partial charge is 0.376 e. The lowest BCUT2D eigenvalue weighted by molar-refractivity contribution is -0.0529. The molecule has 1 unspecified atom stereocenters. The van der Waals surface area contributed by atoms with Crippen LogP contribution >= 0.6 is 0 Å². The molecule has 0 spiro atoms. The monoisotopic (exact) mass is 157 g/mol. The van der Waals surface area contributed by atoms with E-state index in [2.05, 4.69) is 13.8 Å². The molecule has 0 aromatic carbocycles. The summed E-state index contributed by atoms with van der Waals surface area (Å²) in [4.78, 5) is 0. The van der Waals surface area contributed by atoms with Gasteiger partial charge < -0.3 is 10.5 Å². The molecule has 0 amide bonds. The van der Waals surface area contributed by atoms with E-state index < -0.39 is 0 Å². The molecule has 3 atom stereocenters. The molecule has 11 heavy (non-hydrogen) atoms. The van der Waals surface area contributed by atoms with Crippen molar-refractivity contribution in [2.45, 2.75) is 45.3 Å². The molecule has 0 aromatic rings. The van der Waals surface area contributed by atoms with Crippen LogP contribution in [0.3, 0.4) is 0 Å². The first-order valence-electron chi connectivity index (χ1n) is 4.58. The molecule has 1 saturated heterocycles. The minimum absolute atomic E-state index is 0.440. The summed E-state index contributed by atoms with van der Waals surface area (Å²) in [5, 5.41) is 0. The summed E-state index contributed by atoms with van der Waals surface area (Å²) >= 11 is 0. The van der Waals surface area contributed by atoms with Crippen LogP contribution in [0.25, 0.3) is 0 Å². The number of ether oxygens (including phenoxy) is 1. The topological polar surface area (TPSA) is 35.2 Å². The molecule has 0 radical (unpaired) electrons. The maximum absolute atomic E-state index is 5.62. The molecular formula is C9H19NO. The van der Waals surface area contributed by atoms with Gasteiger partial charge >= 0.3 is 0 Å². The third kappa shape index (κ3) is 2.80. The van der Waals surface area contributed by atoms with E-state index in [0.29, 0.717) is 12.2 Å². The highest BCUT2D eigenvalue weighted by Crippen LogP contribution is 2.26. The van der Waals surface area contributed by atoms with Crippen molar-refractivity contribution in [3.63, 3.8) is 0 Å². The van der Waals surface area contributed by atoms with Crippen molar-refractivity contribution in [3.05, 3.63) is 0 Å². The Morgan fingerprint density at radius 3 is 2.27 bits per heavy atom. The molecular weight excluding hydrogens is 138 g/mol. The van der Waals surface area contributed by atoms with E-state index in [1.807, 2.05) is 0 Å². The van der Waals surface area contributed by atoms with Crippen LogP contribution < -0.4 is 5.73 Å². The summed E-state index contributed by atoms with van der Waals surface area (Å²) in [7, 11) is 0. The zero-order chi connectivity index (χ0) is 8.27. The smallest absolute Gasteiger partial charge is 0.0553 e. The molecule has 0 bridgehead atoms. The summed E-state index contributed by atoms with van der Waals surface area (Å²) in [5.74, 6) is 0.804. The molecule has 0 saturated carbocycles. The molecule has 1 aliphatic rings. The fraction of sp³-hybridized carbons (Fsp3) is 1.00.